The van der Waals surface area contributed by atoms with Gasteiger partial charge in [0.05, 0.1) is 22.2 Å². The number of hydrogen-bond donors (Lipinski definition) is 3. The molecule has 3 N–H and O–H groups in total. The third kappa shape index (κ3) is 3.74. The van der Waals surface area contributed by atoms with Crippen LogP contribution >= 0.6 is 38.6 Å². The molecule has 0 spiro atoms. The molecule has 2 aromatic rings. The molecule has 2 amide bonds. The quantitative estimate of drug-likeness (QED) is 0.760. The van der Waals surface area contributed by atoms with Crippen LogP contribution in [0.15, 0.2) is 9.98 Å². The molecule has 0 bridgehead atoms. The van der Waals surface area contributed by atoms with Crippen LogP contribution in [-0.2, 0) is 6.54 Å². The van der Waals surface area contributed by atoms with Crippen LogP contribution < -0.4 is 10.6 Å². The van der Waals surface area contributed by atoms with Crippen LogP contribution in [-0.4, -0.2) is 27.1 Å². The number of aromatic nitrogens is 2. The van der Waals surface area contributed by atoms with E-state index in [0.717, 1.165) is 15.1 Å². The van der Waals surface area contributed by atoms with Gasteiger partial charge in [0.25, 0.3) is 0 Å². The van der Waals surface area contributed by atoms with E-state index >= 15 is 0 Å². The maximum absolute atomic E-state index is 11.6. The van der Waals surface area contributed by atoms with E-state index in [0.29, 0.717) is 15.8 Å². The van der Waals surface area contributed by atoms with Crippen molar-refractivity contribution in [1.82, 2.24) is 15.3 Å². The molecule has 0 aliphatic rings. The first kappa shape index (κ1) is 14.9. The molecule has 0 fully saturated rings. The number of urea groups is 1. The fraction of sp³-hybridized carbons (Fsp3) is 0.200. The average Bonchev–Trinajstić information content (AvgIpc) is 2.93. The van der Waals surface area contributed by atoms with E-state index in [1.807, 2.05) is 0 Å². The van der Waals surface area contributed by atoms with Gasteiger partial charge in [0, 0.05) is 0 Å². The number of anilines is 1. The molecule has 106 valence electrons. The number of nitrogens with zero attached hydrogens (tertiary/aromatic N) is 2. The second-order valence-corrected chi connectivity index (χ2v) is 7.10. The number of carboxylic acids is 1. The maximum atomic E-state index is 11.6. The van der Waals surface area contributed by atoms with Crippen LogP contribution in [0.4, 0.5) is 9.93 Å². The van der Waals surface area contributed by atoms with Gasteiger partial charge in [0.2, 0.25) is 0 Å². The number of halogens is 1. The first-order chi connectivity index (χ1) is 9.45. The fourth-order valence-corrected chi connectivity index (χ4v) is 3.28. The van der Waals surface area contributed by atoms with Crippen LogP contribution in [0, 0.1) is 6.92 Å². The van der Waals surface area contributed by atoms with E-state index < -0.39 is 12.0 Å². The minimum absolute atomic E-state index is 0.164. The maximum Gasteiger partial charge on any atom is 0.347 e. The predicted octanol–water partition coefficient (Wildman–Crippen LogP) is 2.69. The van der Waals surface area contributed by atoms with Crippen LogP contribution in [0.2, 0.25) is 0 Å². The number of rotatable bonds is 4. The van der Waals surface area contributed by atoms with Crippen molar-refractivity contribution in [2.75, 3.05) is 5.32 Å². The molecule has 0 saturated carbocycles. The lowest BCUT2D eigenvalue weighted by Gasteiger charge is -2.02. The van der Waals surface area contributed by atoms with Crippen LogP contribution in [0.5, 0.6) is 0 Å². The third-order valence-corrected chi connectivity index (χ3v) is 4.67. The van der Waals surface area contributed by atoms with Gasteiger partial charge in [0.15, 0.2) is 5.13 Å². The minimum Gasteiger partial charge on any atom is -0.477 e. The Balaban J connectivity index is 1.90. The zero-order chi connectivity index (χ0) is 14.7. The van der Waals surface area contributed by atoms with E-state index in [9.17, 15) is 9.59 Å². The van der Waals surface area contributed by atoms with Crippen molar-refractivity contribution in [3.8, 4) is 0 Å². The predicted molar refractivity (Wildman–Crippen MR) is 79.5 cm³/mol. The first-order valence-electron chi connectivity index (χ1n) is 5.31. The van der Waals surface area contributed by atoms with Crippen LogP contribution in [0.25, 0.3) is 0 Å². The number of thiazole rings is 2. The Morgan fingerprint density at radius 3 is 2.75 bits per heavy atom. The van der Waals surface area contributed by atoms with E-state index in [4.69, 9.17) is 5.11 Å². The van der Waals surface area contributed by atoms with E-state index in [1.165, 1.54) is 11.3 Å². The summed E-state index contributed by atoms with van der Waals surface area (Å²) in [6, 6.07) is -0.420. The molecule has 0 saturated heterocycles. The third-order valence-electron chi connectivity index (χ3n) is 2.13. The van der Waals surface area contributed by atoms with Crippen molar-refractivity contribution in [2.24, 2.45) is 0 Å². The van der Waals surface area contributed by atoms with Gasteiger partial charge in [-0.15, -0.1) is 11.3 Å². The van der Waals surface area contributed by atoms with Crippen LogP contribution in [0.1, 0.15) is 20.4 Å². The van der Waals surface area contributed by atoms with E-state index in [1.54, 1.807) is 13.1 Å². The average molecular weight is 377 g/mol. The monoisotopic (exact) mass is 376 g/mol. The summed E-state index contributed by atoms with van der Waals surface area (Å²) < 4.78 is 0.814. The molecule has 0 aromatic carbocycles. The summed E-state index contributed by atoms with van der Waals surface area (Å²) in [6.45, 7) is 1.79. The van der Waals surface area contributed by atoms with Gasteiger partial charge >= 0.3 is 12.0 Å². The summed E-state index contributed by atoms with van der Waals surface area (Å²) in [6.07, 6.45) is 1.59. The Kier molecular flexibility index (Phi) is 4.68. The lowest BCUT2D eigenvalue weighted by Crippen LogP contribution is -2.28. The number of carboxylic acid groups (broad SMARTS) is 1. The topological polar surface area (TPSA) is 104 Å². The Morgan fingerprint density at radius 2 is 2.20 bits per heavy atom. The summed E-state index contributed by atoms with van der Waals surface area (Å²) >= 11 is 5.58. The Hall–Kier alpha value is -1.52. The number of aromatic carboxylic acids is 1. The smallest absolute Gasteiger partial charge is 0.347 e. The number of amides is 2. The van der Waals surface area contributed by atoms with Gasteiger partial charge in [-0.25, -0.2) is 19.6 Å². The Labute approximate surface area is 130 Å². The summed E-state index contributed by atoms with van der Waals surface area (Å²) in [5, 5.41) is 15.1. The number of hydrogen-bond acceptors (Lipinski definition) is 6. The number of carbonyl (C=O) groups excluding carboxylic acids is 1. The standard InChI is InChI=1S/C10H9BrN4O3S2/c1-4-7(8(16)17)20-6(14-4)3-12-9(18)15-10-13-2-5(11)19-10/h2H,3H2,1H3,(H,16,17)(H2,12,13,15,18). The van der Waals surface area contributed by atoms with Crippen molar-refractivity contribution < 1.29 is 14.7 Å². The first-order valence-corrected chi connectivity index (χ1v) is 7.74. The molecular weight excluding hydrogens is 368 g/mol. The van der Waals surface area contributed by atoms with Gasteiger partial charge in [-0.05, 0) is 22.9 Å². The SMILES string of the molecule is Cc1nc(CNC(=O)Nc2ncc(Br)s2)sc1C(=O)O. The molecule has 0 atom stereocenters. The van der Waals surface area contributed by atoms with Gasteiger partial charge in [-0.1, -0.05) is 11.3 Å². The molecule has 0 aliphatic heterocycles. The normalized spacial score (nSPS) is 10.3. The second kappa shape index (κ2) is 6.29. The molecule has 10 heteroatoms. The van der Waals surface area contributed by atoms with Gasteiger partial charge in [-0.3, -0.25) is 5.32 Å². The van der Waals surface area contributed by atoms with Gasteiger partial charge < -0.3 is 10.4 Å². The zero-order valence-corrected chi connectivity index (χ0v) is 13.4. The lowest BCUT2D eigenvalue weighted by atomic mass is 10.4. The van der Waals surface area contributed by atoms with E-state index in [-0.39, 0.29) is 11.4 Å². The summed E-state index contributed by atoms with van der Waals surface area (Å²) in [5.41, 5.74) is 0.448. The Morgan fingerprint density at radius 1 is 1.45 bits per heavy atom. The fourth-order valence-electron chi connectivity index (χ4n) is 1.34. The van der Waals surface area contributed by atoms with Crippen molar-refractivity contribution in [3.05, 3.63) is 25.6 Å². The number of carbonyl (C=O) groups is 2. The number of aryl methyl sites for hydroxylation is 1. The van der Waals surface area contributed by atoms with E-state index in [2.05, 4.69) is 36.5 Å². The number of nitrogens with one attached hydrogen (secondary N) is 2. The highest BCUT2D eigenvalue weighted by Crippen LogP contribution is 2.23. The highest BCUT2D eigenvalue weighted by Gasteiger charge is 2.14. The van der Waals surface area contributed by atoms with Crippen LogP contribution in [0.3, 0.4) is 0 Å². The highest BCUT2D eigenvalue weighted by atomic mass is 79.9. The molecule has 2 heterocycles. The molecular formula is C10H9BrN4O3S2. The summed E-state index contributed by atoms with van der Waals surface area (Å²) in [4.78, 5) is 30.7. The zero-order valence-electron chi connectivity index (χ0n) is 10.1. The lowest BCUT2D eigenvalue weighted by molar-refractivity contribution is 0.0701. The summed E-state index contributed by atoms with van der Waals surface area (Å²) in [7, 11) is 0. The molecule has 7 nitrogen and oxygen atoms in total. The van der Waals surface area contributed by atoms with Crippen molar-refractivity contribution in [2.45, 2.75) is 13.5 Å². The van der Waals surface area contributed by atoms with Crippen molar-refractivity contribution in [3.63, 3.8) is 0 Å². The minimum atomic E-state index is -1.01. The molecule has 2 rings (SSSR count). The van der Waals surface area contributed by atoms with Crippen molar-refractivity contribution in [1.29, 1.82) is 0 Å². The second-order valence-electron chi connectivity index (χ2n) is 3.60. The Bertz CT molecular complexity index is 655. The highest BCUT2D eigenvalue weighted by molar-refractivity contribution is 9.11. The summed E-state index contributed by atoms with van der Waals surface area (Å²) in [5.74, 6) is -1.01. The largest absolute Gasteiger partial charge is 0.477 e. The molecule has 20 heavy (non-hydrogen) atoms. The molecule has 0 aliphatic carbocycles. The molecule has 0 unspecified atom stereocenters. The molecule has 2 aromatic heterocycles. The van der Waals surface area contributed by atoms with Gasteiger partial charge in [-0.2, -0.15) is 0 Å². The molecule has 0 radical (unpaired) electrons. The van der Waals surface area contributed by atoms with Crippen molar-refractivity contribution >= 4 is 55.7 Å². The van der Waals surface area contributed by atoms with Gasteiger partial charge in [0.1, 0.15) is 9.88 Å².